The van der Waals surface area contributed by atoms with E-state index >= 15 is 0 Å². The first-order valence-electron chi connectivity index (χ1n) is 10.9. The first-order chi connectivity index (χ1) is 14.5. The average Bonchev–Trinajstić information content (AvgIpc) is 2.73. The minimum Gasteiger partial charge on any atom is -0.352 e. The van der Waals surface area contributed by atoms with Crippen molar-refractivity contribution in [2.45, 2.75) is 52.2 Å². The van der Waals surface area contributed by atoms with Crippen LogP contribution in [0.4, 0.5) is 0 Å². The third kappa shape index (κ3) is 6.70. The normalized spacial score (nSPS) is 17.9. The molecule has 0 radical (unpaired) electrons. The predicted octanol–water partition coefficient (Wildman–Crippen LogP) is 3.80. The fourth-order valence-corrected chi connectivity index (χ4v) is 4.19. The second kappa shape index (κ2) is 10.9. The molecule has 0 spiro atoms. The number of amides is 2. The smallest absolute Gasteiger partial charge is 0.222 e. The summed E-state index contributed by atoms with van der Waals surface area (Å²) in [6.07, 6.45) is 2.78. The van der Waals surface area contributed by atoms with Crippen molar-refractivity contribution in [3.63, 3.8) is 0 Å². The molecule has 0 unspecified atom stereocenters. The lowest BCUT2D eigenvalue weighted by molar-refractivity contribution is -0.122. The molecule has 2 amide bonds. The van der Waals surface area contributed by atoms with E-state index in [1.807, 2.05) is 36.4 Å². The molecule has 2 aromatic carbocycles. The summed E-state index contributed by atoms with van der Waals surface area (Å²) in [5.41, 5.74) is 3.36. The summed E-state index contributed by atoms with van der Waals surface area (Å²) in [5, 5.41) is 5.94. The van der Waals surface area contributed by atoms with Crippen molar-refractivity contribution in [3.05, 3.63) is 71.3 Å². The molecule has 1 aliphatic heterocycles. The molecule has 1 heterocycles. The van der Waals surface area contributed by atoms with Gasteiger partial charge in [-0.3, -0.25) is 14.5 Å². The number of hydrogen-bond donors (Lipinski definition) is 2. The lowest BCUT2D eigenvalue weighted by atomic mass is 9.99. The molecule has 160 valence electrons. The summed E-state index contributed by atoms with van der Waals surface area (Å²) in [7, 11) is 0. The van der Waals surface area contributed by atoms with Crippen LogP contribution in [0.15, 0.2) is 54.6 Å². The molecule has 30 heavy (non-hydrogen) atoms. The van der Waals surface area contributed by atoms with Crippen LogP contribution >= 0.6 is 0 Å². The summed E-state index contributed by atoms with van der Waals surface area (Å²) >= 11 is 0. The number of rotatable bonds is 8. The van der Waals surface area contributed by atoms with Crippen LogP contribution < -0.4 is 10.6 Å². The van der Waals surface area contributed by atoms with Gasteiger partial charge in [0.15, 0.2) is 0 Å². The van der Waals surface area contributed by atoms with Crippen LogP contribution in [0.2, 0.25) is 0 Å². The van der Waals surface area contributed by atoms with Gasteiger partial charge in [0.25, 0.3) is 0 Å². The van der Waals surface area contributed by atoms with Crippen molar-refractivity contribution >= 4 is 11.8 Å². The molecular formula is C25H33N3O2. The van der Waals surface area contributed by atoms with Crippen LogP contribution in [0.3, 0.4) is 0 Å². The molecule has 5 heteroatoms. The zero-order chi connectivity index (χ0) is 21.3. The van der Waals surface area contributed by atoms with Gasteiger partial charge in [0, 0.05) is 26.6 Å². The van der Waals surface area contributed by atoms with Crippen molar-refractivity contribution in [2.75, 3.05) is 13.1 Å². The molecular weight excluding hydrogens is 374 g/mol. The van der Waals surface area contributed by atoms with E-state index in [-0.39, 0.29) is 24.3 Å². The number of nitrogens with zero attached hydrogens (tertiary/aromatic N) is 1. The van der Waals surface area contributed by atoms with Crippen LogP contribution in [-0.4, -0.2) is 29.8 Å². The topological polar surface area (TPSA) is 61.4 Å². The Morgan fingerprint density at radius 2 is 1.77 bits per heavy atom. The summed E-state index contributed by atoms with van der Waals surface area (Å²) in [5.74, 6) is 0.533. The molecule has 1 fully saturated rings. The first kappa shape index (κ1) is 22.0. The molecule has 3 rings (SSSR count). The number of carbonyl (C=O) groups is 2. The van der Waals surface area contributed by atoms with Crippen molar-refractivity contribution in [1.82, 2.24) is 15.5 Å². The van der Waals surface area contributed by atoms with E-state index in [2.05, 4.69) is 40.7 Å². The molecule has 0 bridgehead atoms. The van der Waals surface area contributed by atoms with Gasteiger partial charge in [0.05, 0.1) is 12.5 Å². The number of benzene rings is 2. The van der Waals surface area contributed by atoms with E-state index in [9.17, 15) is 9.59 Å². The van der Waals surface area contributed by atoms with E-state index in [0.29, 0.717) is 6.54 Å². The van der Waals surface area contributed by atoms with E-state index in [4.69, 9.17) is 0 Å². The van der Waals surface area contributed by atoms with Crippen LogP contribution in [0, 0.1) is 5.92 Å². The first-order valence-corrected chi connectivity index (χ1v) is 10.9. The van der Waals surface area contributed by atoms with Gasteiger partial charge in [-0.05, 0) is 42.0 Å². The average molecular weight is 408 g/mol. The van der Waals surface area contributed by atoms with E-state index < -0.39 is 0 Å². The third-order valence-corrected chi connectivity index (χ3v) is 5.70. The van der Waals surface area contributed by atoms with Gasteiger partial charge in [-0.15, -0.1) is 0 Å². The zero-order valence-corrected chi connectivity index (χ0v) is 18.1. The molecule has 1 aliphatic rings. The molecule has 2 atom stereocenters. The van der Waals surface area contributed by atoms with Gasteiger partial charge in [-0.1, -0.05) is 61.5 Å². The SMILES string of the molecule is CC(=O)N[C@@H](CC(=O)NCc1ccccc1CN1CCC[C@@H](C)C1)c1ccccc1. The number of piperidine rings is 1. The Hall–Kier alpha value is -2.66. The van der Waals surface area contributed by atoms with Crippen LogP contribution in [0.1, 0.15) is 55.8 Å². The van der Waals surface area contributed by atoms with Gasteiger partial charge >= 0.3 is 0 Å². The largest absolute Gasteiger partial charge is 0.352 e. The predicted molar refractivity (Wildman–Crippen MR) is 120 cm³/mol. The van der Waals surface area contributed by atoms with E-state index in [0.717, 1.165) is 36.7 Å². The minimum atomic E-state index is -0.325. The van der Waals surface area contributed by atoms with Crippen LogP contribution in [0.5, 0.6) is 0 Å². The third-order valence-electron chi connectivity index (χ3n) is 5.70. The lowest BCUT2D eigenvalue weighted by Crippen LogP contribution is -2.34. The summed E-state index contributed by atoms with van der Waals surface area (Å²) in [4.78, 5) is 26.8. The second-order valence-electron chi connectivity index (χ2n) is 8.40. The highest BCUT2D eigenvalue weighted by Gasteiger charge is 2.19. The van der Waals surface area contributed by atoms with Crippen molar-refractivity contribution in [1.29, 1.82) is 0 Å². The van der Waals surface area contributed by atoms with Crippen LogP contribution in [0.25, 0.3) is 0 Å². The Bertz CT molecular complexity index is 837. The van der Waals surface area contributed by atoms with Gasteiger partial charge in [-0.2, -0.15) is 0 Å². The van der Waals surface area contributed by atoms with Crippen molar-refractivity contribution < 1.29 is 9.59 Å². The highest BCUT2D eigenvalue weighted by molar-refractivity contribution is 5.79. The molecule has 2 aromatic rings. The fourth-order valence-electron chi connectivity index (χ4n) is 4.19. The molecule has 5 nitrogen and oxygen atoms in total. The lowest BCUT2D eigenvalue weighted by Gasteiger charge is -2.31. The number of likely N-dealkylation sites (tertiary alicyclic amines) is 1. The van der Waals surface area contributed by atoms with Crippen LogP contribution in [-0.2, 0) is 22.7 Å². The Labute approximate surface area is 179 Å². The van der Waals surface area contributed by atoms with E-state index in [1.165, 1.54) is 25.3 Å². The Morgan fingerprint density at radius 3 is 2.47 bits per heavy atom. The second-order valence-corrected chi connectivity index (χ2v) is 8.40. The van der Waals surface area contributed by atoms with Gasteiger partial charge in [0.1, 0.15) is 0 Å². The maximum atomic E-state index is 12.7. The Balaban J connectivity index is 1.59. The molecule has 0 aliphatic carbocycles. The standard InChI is InChI=1S/C25H33N3O2/c1-19-9-8-14-28(17-19)18-23-13-7-6-12-22(23)16-26-25(30)15-24(27-20(2)29)21-10-4-3-5-11-21/h3-7,10-13,19,24H,8-9,14-18H2,1-2H3,(H,26,30)(H,27,29)/t19-,24+/m1/s1. The number of nitrogens with one attached hydrogen (secondary N) is 2. The summed E-state index contributed by atoms with van der Waals surface area (Å²) in [6.45, 7) is 7.49. The monoisotopic (exact) mass is 407 g/mol. The maximum Gasteiger partial charge on any atom is 0.222 e. The quantitative estimate of drug-likeness (QED) is 0.700. The highest BCUT2D eigenvalue weighted by atomic mass is 16.2. The highest BCUT2D eigenvalue weighted by Crippen LogP contribution is 2.20. The van der Waals surface area contributed by atoms with Crippen molar-refractivity contribution in [3.8, 4) is 0 Å². The summed E-state index contributed by atoms with van der Waals surface area (Å²) < 4.78 is 0. The molecule has 0 aromatic heterocycles. The molecule has 2 N–H and O–H groups in total. The van der Waals surface area contributed by atoms with E-state index in [1.54, 1.807) is 0 Å². The fraction of sp³-hybridized carbons (Fsp3) is 0.440. The molecule has 1 saturated heterocycles. The Kier molecular flexibility index (Phi) is 8.03. The Morgan fingerprint density at radius 1 is 1.07 bits per heavy atom. The van der Waals surface area contributed by atoms with Gasteiger partial charge in [-0.25, -0.2) is 0 Å². The van der Waals surface area contributed by atoms with Gasteiger partial charge < -0.3 is 10.6 Å². The number of hydrogen-bond acceptors (Lipinski definition) is 3. The van der Waals surface area contributed by atoms with Gasteiger partial charge in [0.2, 0.25) is 11.8 Å². The summed E-state index contributed by atoms with van der Waals surface area (Å²) in [6, 6.07) is 17.6. The van der Waals surface area contributed by atoms with Crippen molar-refractivity contribution in [2.24, 2.45) is 5.92 Å². The minimum absolute atomic E-state index is 0.0704. The maximum absolute atomic E-state index is 12.7. The zero-order valence-electron chi connectivity index (χ0n) is 18.1. The number of carbonyl (C=O) groups excluding carboxylic acids is 2. The molecule has 0 saturated carbocycles.